The van der Waals surface area contributed by atoms with E-state index < -0.39 is 11.7 Å². The van der Waals surface area contributed by atoms with Gasteiger partial charge in [0.2, 0.25) is 0 Å². The van der Waals surface area contributed by atoms with Crippen LogP contribution in [0.15, 0.2) is 57.2 Å². The van der Waals surface area contributed by atoms with Crippen molar-refractivity contribution in [2.24, 2.45) is 16.6 Å². The van der Waals surface area contributed by atoms with Crippen LogP contribution >= 0.6 is 24.0 Å². The molecule has 2 heterocycles. The summed E-state index contributed by atoms with van der Waals surface area (Å²) in [4.78, 5) is 21.9. The number of thiol groups is 1. The number of pyridine rings is 1. The SMILES string of the molecule is CC(C)CCNC(=O)/C(C(N)=Nc1ccncc1S)=C(/O)C(=N)c1cccs1. The maximum absolute atomic E-state index is 12.7. The van der Waals surface area contributed by atoms with Crippen LogP contribution < -0.4 is 11.1 Å². The minimum absolute atomic E-state index is 0.192. The van der Waals surface area contributed by atoms with Crippen LogP contribution in [-0.2, 0) is 4.79 Å². The summed E-state index contributed by atoms with van der Waals surface area (Å²) >= 11 is 5.54. The van der Waals surface area contributed by atoms with Crippen LogP contribution in [0.5, 0.6) is 0 Å². The van der Waals surface area contributed by atoms with Crippen molar-refractivity contribution in [1.82, 2.24) is 10.3 Å². The predicted molar refractivity (Wildman–Crippen MR) is 116 cm³/mol. The van der Waals surface area contributed by atoms with Crippen LogP contribution in [0.4, 0.5) is 5.69 Å². The van der Waals surface area contributed by atoms with Gasteiger partial charge < -0.3 is 16.2 Å². The van der Waals surface area contributed by atoms with Crippen molar-refractivity contribution in [1.29, 1.82) is 5.41 Å². The van der Waals surface area contributed by atoms with Gasteiger partial charge in [0.1, 0.15) is 17.1 Å². The summed E-state index contributed by atoms with van der Waals surface area (Å²) in [6.07, 6.45) is 3.78. The van der Waals surface area contributed by atoms with Gasteiger partial charge in [-0.15, -0.1) is 24.0 Å². The van der Waals surface area contributed by atoms with Gasteiger partial charge in [-0.25, -0.2) is 4.99 Å². The van der Waals surface area contributed by atoms with Crippen LogP contribution in [-0.4, -0.2) is 34.1 Å². The molecule has 0 fully saturated rings. The molecule has 0 spiro atoms. The van der Waals surface area contributed by atoms with Gasteiger partial charge in [0.15, 0.2) is 5.76 Å². The summed E-state index contributed by atoms with van der Waals surface area (Å²) in [5.41, 5.74) is 6.03. The number of aliphatic hydroxyl groups excluding tert-OH is 1. The number of rotatable bonds is 8. The van der Waals surface area contributed by atoms with E-state index in [1.54, 1.807) is 23.6 Å². The molecule has 0 aliphatic heterocycles. The van der Waals surface area contributed by atoms with Crippen LogP contribution in [0.1, 0.15) is 25.1 Å². The lowest BCUT2D eigenvalue weighted by Crippen LogP contribution is -2.34. The Morgan fingerprint density at radius 1 is 1.46 bits per heavy atom. The Balaban J connectivity index is 2.43. The molecule has 28 heavy (non-hydrogen) atoms. The lowest BCUT2D eigenvalue weighted by molar-refractivity contribution is -0.117. The average molecular weight is 418 g/mol. The Hall–Kier alpha value is -2.65. The highest BCUT2D eigenvalue weighted by atomic mass is 32.1. The van der Waals surface area contributed by atoms with Crippen molar-refractivity contribution in [3.05, 3.63) is 52.2 Å². The fourth-order valence-corrected chi connectivity index (χ4v) is 3.10. The molecule has 1 amide bonds. The van der Waals surface area contributed by atoms with E-state index in [9.17, 15) is 9.90 Å². The Morgan fingerprint density at radius 3 is 2.82 bits per heavy atom. The number of hydrogen-bond donors (Lipinski definition) is 5. The molecule has 0 saturated carbocycles. The van der Waals surface area contributed by atoms with E-state index in [-0.39, 0.29) is 17.1 Å². The molecule has 5 N–H and O–H groups in total. The third-order valence-corrected chi connectivity index (χ3v) is 4.98. The van der Waals surface area contributed by atoms with Gasteiger partial charge in [0.25, 0.3) is 5.91 Å². The number of amides is 1. The zero-order chi connectivity index (χ0) is 20.7. The molecule has 0 saturated heterocycles. The first-order chi connectivity index (χ1) is 13.3. The van der Waals surface area contributed by atoms with E-state index in [1.807, 2.05) is 13.8 Å². The highest BCUT2D eigenvalue weighted by molar-refractivity contribution is 7.80. The zero-order valence-corrected chi connectivity index (χ0v) is 17.3. The topological polar surface area (TPSA) is 124 Å². The van der Waals surface area contributed by atoms with Gasteiger partial charge >= 0.3 is 0 Å². The number of nitrogens with two attached hydrogens (primary N) is 1. The third-order valence-electron chi connectivity index (χ3n) is 3.75. The number of aliphatic hydroxyl groups is 1. The normalized spacial score (nSPS) is 12.6. The van der Waals surface area contributed by atoms with E-state index >= 15 is 0 Å². The lowest BCUT2D eigenvalue weighted by atomic mass is 10.1. The number of carbonyl (C=O) groups excluding carboxylic acids is 1. The third kappa shape index (κ3) is 5.67. The molecule has 0 aliphatic carbocycles. The quantitative estimate of drug-likeness (QED) is 0.148. The second-order valence-electron chi connectivity index (χ2n) is 6.38. The number of nitrogens with zero attached hydrogens (tertiary/aromatic N) is 2. The van der Waals surface area contributed by atoms with E-state index in [0.717, 1.165) is 6.42 Å². The second-order valence-corrected chi connectivity index (χ2v) is 7.81. The number of nitrogens with one attached hydrogen (secondary N) is 2. The minimum Gasteiger partial charge on any atom is -0.505 e. The first-order valence-electron chi connectivity index (χ1n) is 8.63. The molecule has 0 atom stereocenters. The number of aliphatic imine (C=N–C) groups is 1. The number of allylic oxidation sites excluding steroid dienone is 1. The highest BCUT2D eigenvalue weighted by Gasteiger charge is 2.23. The molecule has 0 radical (unpaired) electrons. The number of amidine groups is 1. The van der Waals surface area contributed by atoms with Crippen molar-refractivity contribution in [2.75, 3.05) is 6.54 Å². The maximum atomic E-state index is 12.7. The minimum atomic E-state index is -0.588. The first-order valence-corrected chi connectivity index (χ1v) is 9.95. The van der Waals surface area contributed by atoms with Crippen LogP contribution in [0.25, 0.3) is 0 Å². The molecule has 2 rings (SSSR count). The molecular weight excluding hydrogens is 394 g/mol. The van der Waals surface area contributed by atoms with Crippen LogP contribution in [0, 0.1) is 11.3 Å². The Bertz CT molecular complexity index is 905. The van der Waals surface area contributed by atoms with Crippen molar-refractivity contribution in [2.45, 2.75) is 25.2 Å². The molecule has 7 nitrogen and oxygen atoms in total. The van der Waals surface area contributed by atoms with Gasteiger partial charge in [0.05, 0.1) is 10.6 Å². The number of hydrogen-bond acceptors (Lipinski definition) is 7. The number of aromatic nitrogens is 1. The smallest absolute Gasteiger partial charge is 0.258 e. The zero-order valence-electron chi connectivity index (χ0n) is 15.6. The highest BCUT2D eigenvalue weighted by Crippen LogP contribution is 2.22. The van der Waals surface area contributed by atoms with E-state index in [1.165, 1.54) is 23.7 Å². The average Bonchev–Trinajstić information content (AvgIpc) is 3.17. The summed E-state index contributed by atoms with van der Waals surface area (Å²) in [6.45, 7) is 4.50. The van der Waals surface area contributed by atoms with Crippen molar-refractivity contribution in [3.8, 4) is 0 Å². The van der Waals surface area contributed by atoms with Gasteiger partial charge in [-0.3, -0.25) is 15.2 Å². The molecule has 2 aromatic heterocycles. The van der Waals surface area contributed by atoms with Gasteiger partial charge in [-0.1, -0.05) is 19.9 Å². The van der Waals surface area contributed by atoms with Gasteiger partial charge in [-0.05, 0) is 29.9 Å². The monoisotopic (exact) mass is 417 g/mol. The standard InChI is InChI=1S/C19H23N5O2S2/c1-11(2)5-8-23-19(26)15(17(25)16(20)14-4-3-9-28-14)18(21)24-12-6-7-22-10-13(12)27/h3-4,6-7,9-11,20,25,27H,5,8H2,1-2H3,(H,23,26)(H2,21,22,24)/b17-15+,20-16?. The molecule has 0 aromatic carbocycles. The van der Waals surface area contributed by atoms with Gasteiger partial charge in [0, 0.05) is 23.8 Å². The van der Waals surface area contributed by atoms with Crippen LogP contribution in [0.2, 0.25) is 0 Å². The first kappa shape index (κ1) is 21.6. The number of thiophene rings is 1. The van der Waals surface area contributed by atoms with Crippen molar-refractivity contribution in [3.63, 3.8) is 0 Å². The lowest BCUT2D eigenvalue weighted by Gasteiger charge is -2.13. The van der Waals surface area contributed by atoms with E-state index in [2.05, 4.69) is 27.9 Å². The summed E-state index contributed by atoms with van der Waals surface area (Å²) in [5.74, 6) is -0.918. The second kappa shape index (κ2) is 10.0. The molecular formula is C19H23N5O2S2. The summed E-state index contributed by atoms with van der Waals surface area (Å²) in [7, 11) is 0. The largest absolute Gasteiger partial charge is 0.505 e. The summed E-state index contributed by atoms with van der Waals surface area (Å²) < 4.78 is 0. The maximum Gasteiger partial charge on any atom is 0.258 e. The van der Waals surface area contributed by atoms with E-state index in [4.69, 9.17) is 11.1 Å². The Kier molecular flexibility index (Phi) is 7.77. The van der Waals surface area contributed by atoms with Gasteiger partial charge in [-0.2, -0.15) is 0 Å². The molecule has 0 bridgehead atoms. The molecule has 0 aliphatic rings. The van der Waals surface area contributed by atoms with Crippen molar-refractivity contribution >= 4 is 47.1 Å². The fourth-order valence-electron chi connectivity index (χ4n) is 2.23. The Labute approximate surface area is 173 Å². The van der Waals surface area contributed by atoms with Crippen molar-refractivity contribution < 1.29 is 9.90 Å². The molecule has 9 heteroatoms. The summed E-state index contributed by atoms with van der Waals surface area (Å²) in [6, 6.07) is 5.02. The fraction of sp³-hybridized carbons (Fsp3) is 0.263. The van der Waals surface area contributed by atoms with E-state index in [0.29, 0.717) is 27.9 Å². The molecule has 148 valence electrons. The van der Waals surface area contributed by atoms with Crippen LogP contribution in [0.3, 0.4) is 0 Å². The summed E-state index contributed by atoms with van der Waals surface area (Å²) in [5, 5.41) is 23.4. The predicted octanol–water partition coefficient (Wildman–Crippen LogP) is 3.46. The molecule has 2 aromatic rings. The Morgan fingerprint density at radius 2 is 2.21 bits per heavy atom. The number of carbonyl (C=O) groups is 1. The molecule has 0 unspecified atom stereocenters.